The van der Waals surface area contributed by atoms with E-state index in [1.807, 2.05) is 0 Å². The Labute approximate surface area is 158 Å². The van der Waals surface area contributed by atoms with Crippen LogP contribution in [-0.2, 0) is 24.0 Å². The molecule has 0 heterocycles. The van der Waals surface area contributed by atoms with Crippen molar-refractivity contribution in [1.82, 2.24) is 21.3 Å². The quantitative estimate of drug-likeness (QED) is 0.352. The highest BCUT2D eigenvalue weighted by molar-refractivity contribution is 5.94. The van der Waals surface area contributed by atoms with Gasteiger partial charge in [0.05, 0.1) is 0 Å². The lowest BCUT2D eigenvalue weighted by Crippen LogP contribution is -2.56. The van der Waals surface area contributed by atoms with Crippen molar-refractivity contribution in [3.8, 4) is 0 Å². The number of nitrogens with one attached hydrogen (secondary N) is 4. The molecule has 154 valence electrons. The second-order valence-corrected chi connectivity index (χ2v) is 7.39. The molecule has 10 nitrogen and oxygen atoms in total. The first-order valence-electron chi connectivity index (χ1n) is 8.64. The Kier molecular flexibility index (Phi) is 9.46. The third-order valence-corrected chi connectivity index (χ3v) is 3.34. The Bertz CT molecular complexity index is 584. The van der Waals surface area contributed by atoms with Crippen LogP contribution in [0.5, 0.6) is 0 Å². The number of carboxylic acid groups (broad SMARTS) is 1. The number of hydrogen-bond acceptors (Lipinski definition) is 5. The molecule has 0 rings (SSSR count). The summed E-state index contributed by atoms with van der Waals surface area (Å²) in [5.74, 6) is -3.28. The topological polar surface area (TPSA) is 154 Å². The maximum atomic E-state index is 12.4. The molecule has 0 aromatic heterocycles. The first-order chi connectivity index (χ1) is 12.2. The molecule has 3 atom stereocenters. The van der Waals surface area contributed by atoms with Crippen LogP contribution in [-0.4, -0.2) is 58.4 Å². The predicted molar refractivity (Wildman–Crippen MR) is 97.6 cm³/mol. The summed E-state index contributed by atoms with van der Waals surface area (Å²) in [7, 11) is 0. The van der Waals surface area contributed by atoms with Crippen molar-refractivity contribution in [1.29, 1.82) is 0 Å². The molecule has 27 heavy (non-hydrogen) atoms. The average Bonchev–Trinajstić information content (AvgIpc) is 2.48. The van der Waals surface area contributed by atoms with Crippen molar-refractivity contribution in [3.05, 3.63) is 0 Å². The Morgan fingerprint density at radius 3 is 1.81 bits per heavy atom. The van der Waals surface area contributed by atoms with E-state index in [9.17, 15) is 24.0 Å². The fourth-order valence-corrected chi connectivity index (χ4v) is 2.06. The van der Waals surface area contributed by atoms with Gasteiger partial charge < -0.3 is 26.4 Å². The Morgan fingerprint density at radius 2 is 1.37 bits per heavy atom. The summed E-state index contributed by atoms with van der Waals surface area (Å²) in [5, 5.41) is 18.8. The molecule has 5 N–H and O–H groups in total. The molecule has 0 aromatic carbocycles. The number of aliphatic carboxylic acids is 1. The van der Waals surface area contributed by atoms with Crippen LogP contribution >= 0.6 is 0 Å². The minimum Gasteiger partial charge on any atom is -0.481 e. The van der Waals surface area contributed by atoms with Crippen LogP contribution in [0.3, 0.4) is 0 Å². The van der Waals surface area contributed by atoms with Gasteiger partial charge in [0.25, 0.3) is 0 Å². The van der Waals surface area contributed by atoms with Gasteiger partial charge in [-0.15, -0.1) is 0 Å². The van der Waals surface area contributed by atoms with Crippen molar-refractivity contribution in [2.45, 2.75) is 78.0 Å². The molecule has 0 radical (unpaired) electrons. The van der Waals surface area contributed by atoms with Crippen molar-refractivity contribution in [2.75, 3.05) is 0 Å². The molecule has 0 saturated carbocycles. The van der Waals surface area contributed by atoms with E-state index in [0.29, 0.717) is 0 Å². The summed E-state index contributed by atoms with van der Waals surface area (Å²) in [6.07, 6.45) is -0.511. The molecule has 0 aliphatic carbocycles. The first kappa shape index (κ1) is 24.4. The number of carboxylic acids is 1. The van der Waals surface area contributed by atoms with Gasteiger partial charge in [-0.3, -0.25) is 24.0 Å². The van der Waals surface area contributed by atoms with Gasteiger partial charge in [0.2, 0.25) is 23.6 Å². The molecule has 0 spiro atoms. The zero-order chi connectivity index (χ0) is 21.4. The normalized spacial score (nSPS) is 14.3. The SMILES string of the molecule is CC(=O)N[C@@H](C)C(=O)N[C@@H](CCC(=O)O)C(=O)N[C@@H](C)C(=O)NC(C)(C)C. The van der Waals surface area contributed by atoms with E-state index in [1.165, 1.54) is 20.8 Å². The molecule has 0 aliphatic heterocycles. The molecule has 0 aliphatic rings. The van der Waals surface area contributed by atoms with Crippen molar-refractivity contribution in [3.63, 3.8) is 0 Å². The highest BCUT2D eigenvalue weighted by atomic mass is 16.4. The van der Waals surface area contributed by atoms with E-state index in [-0.39, 0.29) is 12.8 Å². The molecule has 0 bridgehead atoms. The van der Waals surface area contributed by atoms with E-state index in [2.05, 4.69) is 21.3 Å². The van der Waals surface area contributed by atoms with Crippen LogP contribution in [0.4, 0.5) is 0 Å². The van der Waals surface area contributed by atoms with Gasteiger partial charge in [0.1, 0.15) is 18.1 Å². The molecule has 4 amide bonds. The lowest BCUT2D eigenvalue weighted by atomic mass is 10.1. The van der Waals surface area contributed by atoms with Gasteiger partial charge in [-0.1, -0.05) is 0 Å². The van der Waals surface area contributed by atoms with Crippen molar-refractivity contribution in [2.24, 2.45) is 0 Å². The fourth-order valence-electron chi connectivity index (χ4n) is 2.06. The third-order valence-electron chi connectivity index (χ3n) is 3.34. The zero-order valence-corrected chi connectivity index (χ0v) is 16.6. The smallest absolute Gasteiger partial charge is 0.303 e. The zero-order valence-electron chi connectivity index (χ0n) is 16.6. The van der Waals surface area contributed by atoms with Gasteiger partial charge in [-0.2, -0.15) is 0 Å². The number of hydrogen-bond donors (Lipinski definition) is 5. The lowest BCUT2D eigenvalue weighted by Gasteiger charge is -2.25. The first-order valence-corrected chi connectivity index (χ1v) is 8.64. The third kappa shape index (κ3) is 10.8. The minimum absolute atomic E-state index is 0.159. The van der Waals surface area contributed by atoms with Crippen LogP contribution in [0, 0.1) is 0 Å². The van der Waals surface area contributed by atoms with Gasteiger partial charge in [-0.25, -0.2) is 0 Å². The van der Waals surface area contributed by atoms with Gasteiger partial charge in [0.15, 0.2) is 0 Å². The molecular weight excluding hydrogens is 356 g/mol. The van der Waals surface area contributed by atoms with Crippen LogP contribution in [0.2, 0.25) is 0 Å². The maximum absolute atomic E-state index is 12.4. The number of rotatable bonds is 9. The van der Waals surface area contributed by atoms with E-state index >= 15 is 0 Å². The molecule has 0 unspecified atom stereocenters. The number of carbonyl (C=O) groups excluding carboxylic acids is 4. The molecular formula is C17H30N4O6. The predicted octanol–water partition coefficient (Wildman–Crippen LogP) is -0.720. The second kappa shape index (κ2) is 10.5. The Balaban J connectivity index is 5.02. The monoisotopic (exact) mass is 386 g/mol. The average molecular weight is 386 g/mol. The van der Waals surface area contributed by atoms with E-state index in [4.69, 9.17) is 5.11 Å². The van der Waals surface area contributed by atoms with E-state index < -0.39 is 53.3 Å². The summed E-state index contributed by atoms with van der Waals surface area (Å²) in [4.78, 5) is 58.5. The molecule has 10 heteroatoms. The maximum Gasteiger partial charge on any atom is 0.303 e. The summed E-state index contributed by atoms with van der Waals surface area (Å²) in [5.41, 5.74) is -0.485. The number of carbonyl (C=O) groups is 5. The van der Waals surface area contributed by atoms with E-state index in [0.717, 1.165) is 0 Å². The second-order valence-electron chi connectivity index (χ2n) is 7.39. The largest absolute Gasteiger partial charge is 0.481 e. The van der Waals surface area contributed by atoms with Crippen molar-refractivity contribution < 1.29 is 29.1 Å². The van der Waals surface area contributed by atoms with Crippen molar-refractivity contribution >= 4 is 29.6 Å². The summed E-state index contributed by atoms with van der Waals surface area (Å²) in [6.45, 7) is 9.53. The number of amides is 4. The Morgan fingerprint density at radius 1 is 0.852 bits per heavy atom. The summed E-state index contributed by atoms with van der Waals surface area (Å²) < 4.78 is 0. The Hall–Kier alpha value is -2.65. The van der Waals surface area contributed by atoms with E-state index in [1.54, 1.807) is 20.8 Å². The summed E-state index contributed by atoms with van der Waals surface area (Å²) >= 11 is 0. The van der Waals surface area contributed by atoms with Crippen LogP contribution in [0.25, 0.3) is 0 Å². The van der Waals surface area contributed by atoms with Gasteiger partial charge in [-0.05, 0) is 41.0 Å². The lowest BCUT2D eigenvalue weighted by molar-refractivity contribution is -0.138. The van der Waals surface area contributed by atoms with Crippen LogP contribution in [0.15, 0.2) is 0 Å². The summed E-state index contributed by atoms with van der Waals surface area (Å²) in [6, 6.07) is -2.94. The van der Waals surface area contributed by atoms with Gasteiger partial charge >= 0.3 is 5.97 Å². The fraction of sp³-hybridized carbons (Fsp3) is 0.706. The van der Waals surface area contributed by atoms with Gasteiger partial charge in [0, 0.05) is 18.9 Å². The molecule has 0 aromatic rings. The molecule has 0 fully saturated rings. The minimum atomic E-state index is -1.16. The highest BCUT2D eigenvalue weighted by Gasteiger charge is 2.27. The van der Waals surface area contributed by atoms with Crippen LogP contribution < -0.4 is 21.3 Å². The van der Waals surface area contributed by atoms with Crippen LogP contribution in [0.1, 0.15) is 54.4 Å². The standard InChI is InChI=1S/C17H30N4O6/c1-9(18-11(3)22)14(25)20-12(7-8-13(23)24)16(27)19-10(2)15(26)21-17(4,5)6/h9-10,12H,7-8H2,1-6H3,(H,18,22)(H,19,27)(H,20,25)(H,21,26)(H,23,24)/t9-,10-,12-/m0/s1. The highest BCUT2D eigenvalue weighted by Crippen LogP contribution is 2.02. The molecule has 0 saturated heterocycles.